The van der Waals surface area contributed by atoms with Crippen LogP contribution in [0.25, 0.3) is 10.9 Å². The van der Waals surface area contributed by atoms with Crippen molar-refractivity contribution in [2.75, 3.05) is 0 Å². The first-order valence-corrected chi connectivity index (χ1v) is 7.50. The Morgan fingerprint density at radius 3 is 2.85 bits per heavy atom. The first kappa shape index (κ1) is 13.5. The number of fused-ring (bicyclic) bond motifs is 1. The normalized spacial score (nSPS) is 12.8. The van der Waals surface area contributed by atoms with Gasteiger partial charge in [0.15, 0.2) is 0 Å². The van der Waals surface area contributed by atoms with E-state index in [1.807, 2.05) is 42.8 Å². The van der Waals surface area contributed by atoms with Gasteiger partial charge in [0.05, 0.1) is 16.6 Å². The molecule has 0 amide bonds. The minimum atomic E-state index is -0.140. The maximum absolute atomic E-state index is 6.34. The number of nitrogens with zero attached hydrogens (tertiary/aromatic N) is 1. The van der Waals surface area contributed by atoms with Crippen molar-refractivity contribution in [1.82, 2.24) is 10.4 Å². The first-order chi connectivity index (χ1) is 9.70. The van der Waals surface area contributed by atoms with E-state index in [-0.39, 0.29) is 6.04 Å². The second kappa shape index (κ2) is 5.50. The summed E-state index contributed by atoms with van der Waals surface area (Å²) < 4.78 is 0. The van der Waals surface area contributed by atoms with Crippen LogP contribution in [0.2, 0.25) is 5.02 Å². The minimum Gasteiger partial charge on any atom is -0.271 e. The van der Waals surface area contributed by atoms with E-state index in [2.05, 4.69) is 16.5 Å². The van der Waals surface area contributed by atoms with Crippen molar-refractivity contribution in [3.63, 3.8) is 0 Å². The van der Waals surface area contributed by atoms with Crippen LogP contribution in [0.5, 0.6) is 0 Å². The van der Waals surface area contributed by atoms with Crippen LogP contribution < -0.4 is 11.3 Å². The summed E-state index contributed by atoms with van der Waals surface area (Å²) in [6.45, 7) is 1.99. The molecule has 3 N–H and O–H groups in total. The lowest BCUT2D eigenvalue weighted by Crippen LogP contribution is -2.28. The number of aromatic nitrogens is 1. The number of halogens is 1. The van der Waals surface area contributed by atoms with Crippen LogP contribution in [0.3, 0.4) is 0 Å². The maximum atomic E-state index is 6.34. The number of pyridine rings is 1. The summed E-state index contributed by atoms with van der Waals surface area (Å²) in [5, 5.41) is 3.90. The average molecular weight is 304 g/mol. The summed E-state index contributed by atoms with van der Waals surface area (Å²) in [4.78, 5) is 5.50. The number of benzene rings is 1. The van der Waals surface area contributed by atoms with Gasteiger partial charge in [-0.25, -0.2) is 5.43 Å². The number of hydrogen-bond donors (Lipinski definition) is 2. The Bertz CT molecular complexity index is 754. The standard InChI is InChI=1S/C15H14ClN3S/c1-9-8-20-15(13(9)16)14(19-17)11-6-10-4-2-3-5-12(10)18-7-11/h2-8,14,19H,17H2,1H3. The molecular formula is C15H14ClN3S. The molecule has 1 aromatic carbocycles. The molecule has 3 rings (SSSR count). The van der Waals surface area contributed by atoms with E-state index in [1.54, 1.807) is 11.3 Å². The molecule has 20 heavy (non-hydrogen) atoms. The molecule has 3 aromatic rings. The van der Waals surface area contributed by atoms with Gasteiger partial charge < -0.3 is 0 Å². The third kappa shape index (κ3) is 2.31. The van der Waals surface area contributed by atoms with Crippen LogP contribution in [0, 0.1) is 6.92 Å². The molecule has 1 atom stereocenters. The van der Waals surface area contributed by atoms with E-state index in [0.29, 0.717) is 0 Å². The molecule has 0 saturated heterocycles. The van der Waals surface area contributed by atoms with Gasteiger partial charge in [-0.2, -0.15) is 0 Å². The average Bonchev–Trinajstić information content (AvgIpc) is 2.80. The Kier molecular flexibility index (Phi) is 3.72. The van der Waals surface area contributed by atoms with E-state index in [1.165, 1.54) is 0 Å². The van der Waals surface area contributed by atoms with Gasteiger partial charge in [-0.3, -0.25) is 10.8 Å². The molecule has 0 aliphatic heterocycles. The first-order valence-electron chi connectivity index (χ1n) is 6.25. The second-order valence-electron chi connectivity index (χ2n) is 4.66. The van der Waals surface area contributed by atoms with Crippen LogP contribution in [0.4, 0.5) is 0 Å². The lowest BCUT2D eigenvalue weighted by molar-refractivity contribution is 0.645. The smallest absolute Gasteiger partial charge is 0.0832 e. The van der Waals surface area contributed by atoms with Crippen molar-refractivity contribution < 1.29 is 0 Å². The number of para-hydroxylation sites is 1. The van der Waals surface area contributed by atoms with E-state index in [9.17, 15) is 0 Å². The fourth-order valence-electron chi connectivity index (χ4n) is 2.21. The summed E-state index contributed by atoms with van der Waals surface area (Å²) in [5.41, 5.74) is 5.89. The van der Waals surface area contributed by atoms with Gasteiger partial charge in [-0.05, 0) is 35.6 Å². The van der Waals surface area contributed by atoms with Gasteiger partial charge in [0, 0.05) is 16.5 Å². The molecule has 5 heteroatoms. The molecule has 1 unspecified atom stereocenters. The highest BCUT2D eigenvalue weighted by Crippen LogP contribution is 2.35. The molecule has 102 valence electrons. The molecule has 2 heterocycles. The molecule has 0 radical (unpaired) electrons. The zero-order valence-electron chi connectivity index (χ0n) is 10.9. The minimum absolute atomic E-state index is 0.140. The van der Waals surface area contributed by atoms with Gasteiger partial charge in [0.25, 0.3) is 0 Å². The van der Waals surface area contributed by atoms with Crippen molar-refractivity contribution in [3.8, 4) is 0 Å². The van der Waals surface area contributed by atoms with Crippen LogP contribution in [-0.2, 0) is 0 Å². The van der Waals surface area contributed by atoms with Crippen molar-refractivity contribution >= 4 is 33.8 Å². The molecule has 2 aromatic heterocycles. The number of nitrogens with one attached hydrogen (secondary N) is 1. The highest BCUT2D eigenvalue weighted by atomic mass is 35.5. The Morgan fingerprint density at radius 2 is 2.15 bits per heavy atom. The van der Waals surface area contributed by atoms with Gasteiger partial charge in [-0.1, -0.05) is 29.8 Å². The van der Waals surface area contributed by atoms with Crippen molar-refractivity contribution in [1.29, 1.82) is 0 Å². The monoisotopic (exact) mass is 303 g/mol. The van der Waals surface area contributed by atoms with Crippen LogP contribution in [0.1, 0.15) is 22.0 Å². The summed E-state index contributed by atoms with van der Waals surface area (Å²) in [7, 11) is 0. The number of thiophene rings is 1. The maximum Gasteiger partial charge on any atom is 0.0832 e. The summed E-state index contributed by atoms with van der Waals surface area (Å²) >= 11 is 7.95. The van der Waals surface area contributed by atoms with E-state index in [4.69, 9.17) is 17.4 Å². The van der Waals surface area contributed by atoms with E-state index >= 15 is 0 Å². The van der Waals surface area contributed by atoms with Crippen molar-refractivity contribution in [3.05, 3.63) is 62.9 Å². The number of nitrogens with two attached hydrogens (primary N) is 1. The van der Waals surface area contributed by atoms with Crippen LogP contribution in [0.15, 0.2) is 41.9 Å². The van der Waals surface area contributed by atoms with E-state index in [0.717, 1.165) is 31.9 Å². The number of rotatable bonds is 3. The number of hydrogen-bond acceptors (Lipinski definition) is 4. The Morgan fingerprint density at radius 1 is 1.35 bits per heavy atom. The predicted molar refractivity (Wildman–Crippen MR) is 85.0 cm³/mol. The Balaban J connectivity index is 2.09. The highest BCUT2D eigenvalue weighted by Gasteiger charge is 2.19. The quantitative estimate of drug-likeness (QED) is 0.571. The van der Waals surface area contributed by atoms with Gasteiger partial charge in [0.2, 0.25) is 0 Å². The largest absolute Gasteiger partial charge is 0.271 e. The lowest BCUT2D eigenvalue weighted by atomic mass is 10.1. The highest BCUT2D eigenvalue weighted by molar-refractivity contribution is 7.10. The molecule has 0 aliphatic rings. The third-order valence-corrected chi connectivity index (χ3v) is 5.08. The summed E-state index contributed by atoms with van der Waals surface area (Å²) in [6, 6.07) is 9.97. The SMILES string of the molecule is Cc1csc(C(NN)c2cnc3ccccc3c2)c1Cl. The second-order valence-corrected chi connectivity index (χ2v) is 5.95. The van der Waals surface area contributed by atoms with Crippen LogP contribution >= 0.6 is 22.9 Å². The van der Waals surface area contributed by atoms with Crippen LogP contribution in [-0.4, -0.2) is 4.98 Å². The summed E-state index contributed by atoms with van der Waals surface area (Å²) in [5.74, 6) is 5.73. The Hall–Kier alpha value is -1.46. The molecule has 3 nitrogen and oxygen atoms in total. The predicted octanol–water partition coefficient (Wildman–Crippen LogP) is 3.81. The fraction of sp³-hybridized carbons (Fsp3) is 0.133. The molecule has 0 spiro atoms. The summed E-state index contributed by atoms with van der Waals surface area (Å²) in [6.07, 6.45) is 1.85. The van der Waals surface area contributed by atoms with Crippen molar-refractivity contribution in [2.24, 2.45) is 5.84 Å². The molecule has 0 aliphatic carbocycles. The zero-order chi connectivity index (χ0) is 14.1. The van der Waals surface area contributed by atoms with Gasteiger partial charge in [0.1, 0.15) is 0 Å². The lowest BCUT2D eigenvalue weighted by Gasteiger charge is -2.16. The van der Waals surface area contributed by atoms with Gasteiger partial charge in [-0.15, -0.1) is 11.3 Å². The molecule has 0 bridgehead atoms. The fourth-order valence-corrected chi connectivity index (χ4v) is 3.60. The Labute approximate surface area is 126 Å². The molecular weight excluding hydrogens is 290 g/mol. The molecule has 0 fully saturated rings. The third-order valence-electron chi connectivity index (χ3n) is 3.30. The van der Waals surface area contributed by atoms with Crippen molar-refractivity contribution in [2.45, 2.75) is 13.0 Å². The van der Waals surface area contributed by atoms with E-state index < -0.39 is 0 Å². The topological polar surface area (TPSA) is 50.9 Å². The number of hydrazine groups is 1. The van der Waals surface area contributed by atoms with Gasteiger partial charge >= 0.3 is 0 Å². The zero-order valence-corrected chi connectivity index (χ0v) is 12.5. The number of aryl methyl sites for hydroxylation is 1. The molecule has 0 saturated carbocycles.